The van der Waals surface area contributed by atoms with Crippen LogP contribution in [0.2, 0.25) is 0 Å². The molecule has 7 heteroatoms. The summed E-state index contributed by atoms with van der Waals surface area (Å²) in [6.45, 7) is 0. The van der Waals surface area contributed by atoms with E-state index in [-0.39, 0.29) is 11.7 Å². The lowest BCUT2D eigenvalue weighted by Gasteiger charge is -1.93. The van der Waals surface area contributed by atoms with Crippen LogP contribution in [0.4, 0.5) is 0 Å². The molecule has 0 unspecified atom stereocenters. The fourth-order valence-electron chi connectivity index (χ4n) is 1.47. The Morgan fingerprint density at radius 2 is 2.18 bits per heavy atom. The third-order valence-corrected chi connectivity index (χ3v) is 2.24. The molecule has 0 saturated heterocycles. The molecule has 7 nitrogen and oxygen atoms in total. The zero-order chi connectivity index (χ0) is 11.8. The van der Waals surface area contributed by atoms with E-state index in [0.29, 0.717) is 11.0 Å². The summed E-state index contributed by atoms with van der Waals surface area (Å²) in [6, 6.07) is 7.32. The van der Waals surface area contributed by atoms with Crippen LogP contribution in [0.1, 0.15) is 10.5 Å². The number of aromatic carboxylic acids is 1. The van der Waals surface area contributed by atoms with Crippen LogP contribution >= 0.6 is 0 Å². The zero-order valence-electron chi connectivity index (χ0n) is 8.44. The maximum absolute atomic E-state index is 10.7. The zero-order valence-corrected chi connectivity index (χ0v) is 8.44. The average Bonchev–Trinajstić information content (AvgIpc) is 2.95. The Hall–Kier alpha value is -2.70. The van der Waals surface area contributed by atoms with E-state index in [1.807, 2.05) is 12.1 Å². The lowest BCUT2D eigenvalue weighted by molar-refractivity contribution is 0.0690. The molecule has 0 aliphatic rings. The van der Waals surface area contributed by atoms with Crippen LogP contribution in [0.25, 0.3) is 17.0 Å². The third-order valence-electron chi connectivity index (χ3n) is 2.24. The van der Waals surface area contributed by atoms with Crippen LogP contribution in [0.3, 0.4) is 0 Å². The first-order valence-corrected chi connectivity index (χ1v) is 4.75. The number of carboxylic acids is 1. The number of fused-ring (bicyclic) bond motifs is 1. The highest BCUT2D eigenvalue weighted by Gasteiger charge is 2.14. The smallest absolute Gasteiger partial charge is 0.357 e. The number of hydrogen-bond acceptors (Lipinski definition) is 5. The van der Waals surface area contributed by atoms with E-state index >= 15 is 0 Å². The van der Waals surface area contributed by atoms with Gasteiger partial charge in [0.25, 0.3) is 0 Å². The monoisotopic (exact) mass is 230 g/mol. The van der Waals surface area contributed by atoms with Gasteiger partial charge in [0.1, 0.15) is 11.8 Å². The Kier molecular flexibility index (Phi) is 1.91. The molecule has 84 valence electrons. The van der Waals surface area contributed by atoms with Crippen molar-refractivity contribution < 1.29 is 14.3 Å². The minimum atomic E-state index is -1.15. The molecule has 2 heterocycles. The highest BCUT2D eigenvalue weighted by atomic mass is 16.4. The normalized spacial score (nSPS) is 10.8. The number of carboxylic acid groups (broad SMARTS) is 1. The van der Waals surface area contributed by atoms with Crippen molar-refractivity contribution in [3.63, 3.8) is 0 Å². The van der Waals surface area contributed by atoms with Gasteiger partial charge in [-0.15, -0.1) is 5.10 Å². The molecule has 0 amide bonds. The number of aromatic nitrogens is 4. The van der Waals surface area contributed by atoms with Crippen molar-refractivity contribution in [3.05, 3.63) is 36.2 Å². The van der Waals surface area contributed by atoms with E-state index in [2.05, 4.69) is 15.3 Å². The summed E-state index contributed by atoms with van der Waals surface area (Å²) >= 11 is 0. The predicted octanol–water partition coefficient (Wildman–Crippen LogP) is 1.11. The van der Waals surface area contributed by atoms with Gasteiger partial charge in [0.05, 0.1) is 5.52 Å². The van der Waals surface area contributed by atoms with E-state index in [4.69, 9.17) is 9.52 Å². The second-order valence-electron chi connectivity index (χ2n) is 3.31. The van der Waals surface area contributed by atoms with E-state index < -0.39 is 5.97 Å². The van der Waals surface area contributed by atoms with Gasteiger partial charge >= 0.3 is 12.0 Å². The molecule has 1 N–H and O–H groups in total. The van der Waals surface area contributed by atoms with E-state index in [1.54, 1.807) is 12.1 Å². The second kappa shape index (κ2) is 3.41. The number of oxazole rings is 1. The molecule has 3 rings (SSSR count). The number of rotatable bonds is 2. The van der Waals surface area contributed by atoms with Gasteiger partial charge in [0.15, 0.2) is 5.69 Å². The Bertz CT molecular complexity index is 700. The maximum Gasteiger partial charge on any atom is 0.357 e. The molecular weight excluding hydrogens is 224 g/mol. The number of benzene rings is 1. The molecule has 0 atom stereocenters. The molecule has 0 bridgehead atoms. The van der Waals surface area contributed by atoms with Crippen molar-refractivity contribution in [2.45, 2.75) is 0 Å². The summed E-state index contributed by atoms with van der Waals surface area (Å²) in [6.07, 6.45) is 1.06. The Morgan fingerprint density at radius 1 is 1.35 bits per heavy atom. The predicted molar refractivity (Wildman–Crippen MR) is 55.9 cm³/mol. The SMILES string of the molecule is O=C(O)c1coc(-n2nnc3ccccc32)n1. The average molecular weight is 230 g/mol. The van der Waals surface area contributed by atoms with Crippen molar-refractivity contribution in [2.75, 3.05) is 0 Å². The molecule has 0 spiro atoms. The summed E-state index contributed by atoms with van der Waals surface area (Å²) in [5.74, 6) is -1.15. The molecule has 1 aromatic carbocycles. The van der Waals surface area contributed by atoms with Crippen LogP contribution in [0.15, 0.2) is 34.9 Å². The molecule has 0 aliphatic heterocycles. The van der Waals surface area contributed by atoms with Crippen LogP contribution < -0.4 is 0 Å². The molecule has 2 aromatic heterocycles. The number of hydrogen-bond donors (Lipinski definition) is 1. The first kappa shape index (κ1) is 9.52. The summed E-state index contributed by atoms with van der Waals surface area (Å²) in [5, 5.41) is 16.5. The molecule has 3 aromatic rings. The molecule has 0 aliphatic carbocycles. The van der Waals surface area contributed by atoms with Crippen molar-refractivity contribution in [2.24, 2.45) is 0 Å². The van der Waals surface area contributed by atoms with Crippen LogP contribution in [-0.2, 0) is 0 Å². The maximum atomic E-state index is 10.7. The van der Waals surface area contributed by atoms with Gasteiger partial charge in [-0.05, 0) is 12.1 Å². The highest BCUT2D eigenvalue weighted by molar-refractivity contribution is 5.85. The van der Waals surface area contributed by atoms with Gasteiger partial charge in [0.2, 0.25) is 0 Å². The number of nitrogens with zero attached hydrogens (tertiary/aromatic N) is 4. The third kappa shape index (κ3) is 1.44. The van der Waals surface area contributed by atoms with E-state index in [9.17, 15) is 4.79 Å². The fraction of sp³-hybridized carbons (Fsp3) is 0. The summed E-state index contributed by atoms with van der Waals surface area (Å²) in [7, 11) is 0. The van der Waals surface area contributed by atoms with Crippen LogP contribution in [0, 0.1) is 0 Å². The van der Waals surface area contributed by atoms with Crippen molar-refractivity contribution in [1.82, 2.24) is 20.0 Å². The summed E-state index contributed by atoms with van der Waals surface area (Å²) in [4.78, 5) is 14.5. The van der Waals surface area contributed by atoms with Gasteiger partial charge in [-0.25, -0.2) is 4.79 Å². The summed E-state index contributed by atoms with van der Waals surface area (Å²) < 4.78 is 6.40. The first-order chi connectivity index (χ1) is 8.25. The van der Waals surface area contributed by atoms with Gasteiger partial charge in [0, 0.05) is 0 Å². The topological polar surface area (TPSA) is 94.0 Å². The van der Waals surface area contributed by atoms with Gasteiger partial charge in [-0.2, -0.15) is 9.67 Å². The van der Waals surface area contributed by atoms with Crippen molar-refractivity contribution in [3.8, 4) is 6.01 Å². The van der Waals surface area contributed by atoms with Crippen LogP contribution in [0.5, 0.6) is 0 Å². The highest BCUT2D eigenvalue weighted by Crippen LogP contribution is 2.15. The number of para-hydroxylation sites is 1. The molecule has 0 fully saturated rings. The molecule has 0 radical (unpaired) electrons. The Labute approximate surface area is 94.3 Å². The van der Waals surface area contributed by atoms with Crippen LogP contribution in [-0.4, -0.2) is 31.1 Å². The summed E-state index contributed by atoms with van der Waals surface area (Å²) in [5.41, 5.74) is 1.22. The lowest BCUT2D eigenvalue weighted by atomic mass is 10.3. The standard InChI is InChI=1S/C10H6N4O3/c15-9(16)7-5-17-10(11-7)14-8-4-2-1-3-6(8)12-13-14/h1-5H,(H,15,16). The van der Waals surface area contributed by atoms with Gasteiger partial charge in [-0.1, -0.05) is 17.3 Å². The fourth-order valence-corrected chi connectivity index (χ4v) is 1.47. The molecule has 0 saturated carbocycles. The van der Waals surface area contributed by atoms with Crippen molar-refractivity contribution >= 4 is 17.0 Å². The largest absolute Gasteiger partial charge is 0.476 e. The quantitative estimate of drug-likeness (QED) is 0.708. The Morgan fingerprint density at radius 3 is 2.94 bits per heavy atom. The van der Waals surface area contributed by atoms with Gasteiger partial charge in [-0.3, -0.25) is 0 Å². The first-order valence-electron chi connectivity index (χ1n) is 4.75. The minimum Gasteiger partial charge on any atom is -0.476 e. The Balaban J connectivity index is 2.17. The molecule has 17 heavy (non-hydrogen) atoms. The van der Waals surface area contributed by atoms with Gasteiger partial charge < -0.3 is 9.52 Å². The molecular formula is C10H6N4O3. The second-order valence-corrected chi connectivity index (χ2v) is 3.31. The number of carbonyl (C=O) groups is 1. The van der Waals surface area contributed by atoms with Crippen molar-refractivity contribution in [1.29, 1.82) is 0 Å². The van der Waals surface area contributed by atoms with E-state index in [0.717, 1.165) is 6.26 Å². The minimum absolute atomic E-state index is 0.0797. The lowest BCUT2D eigenvalue weighted by Crippen LogP contribution is -2.00. The van der Waals surface area contributed by atoms with E-state index in [1.165, 1.54) is 4.68 Å².